The van der Waals surface area contributed by atoms with E-state index in [2.05, 4.69) is 132 Å². The van der Waals surface area contributed by atoms with E-state index in [0.717, 1.165) is 17.8 Å². The van der Waals surface area contributed by atoms with Crippen molar-refractivity contribution in [1.82, 2.24) is 0 Å². The molecule has 0 aliphatic carbocycles. The molecule has 0 saturated heterocycles. The maximum Gasteiger partial charge on any atom is 0.272 e. The van der Waals surface area contributed by atoms with Crippen molar-refractivity contribution in [2.45, 2.75) is 36.4 Å². The maximum atomic E-state index is 10.7. The summed E-state index contributed by atoms with van der Waals surface area (Å²) in [5.41, 5.74) is 5.05. The molecule has 276 valence electrons. The average Bonchev–Trinajstić information content (AvgIpc) is 3.13. The van der Waals surface area contributed by atoms with Crippen molar-refractivity contribution in [2.75, 3.05) is 19.8 Å². The lowest BCUT2D eigenvalue weighted by Gasteiger charge is -2.37. The first-order valence-electron chi connectivity index (χ1n) is 16.4. The van der Waals surface area contributed by atoms with Crippen LogP contribution >= 0.6 is 95.6 Å². The van der Waals surface area contributed by atoms with Crippen LogP contribution in [-0.4, -0.2) is 27.1 Å². The maximum absolute atomic E-state index is 10.7. The Morgan fingerprint density at radius 3 is 1.19 bits per heavy atom. The zero-order valence-corrected chi connectivity index (χ0v) is 38.1. The molecule has 0 bridgehead atoms. The number of pyridine rings is 2. The standard InChI is InChI=1S/C22H21BO3.2C8H9Br3NO/c24-23(25)26-18-10-17-22(19-11-4-1-5-12-19,20-13-6-2-7-14-20)21-15-8-3-9-16-21;2*1-2-13-12-6-4-3-5-7(12)8(9,10)11/h1-9,11-16H,10,17-18H2;2*3-6H,2H2,1H3/q-2;2*+1. The van der Waals surface area contributed by atoms with Crippen molar-refractivity contribution in [1.29, 1.82) is 0 Å². The monoisotopic (exact) mass is 1090 g/mol. The Labute approximate surface area is 357 Å². The van der Waals surface area contributed by atoms with Gasteiger partial charge in [-0.1, -0.05) is 91.0 Å². The topological polar surface area (TPSA) is 81.6 Å². The molecule has 0 aliphatic heterocycles. The fourth-order valence-electron chi connectivity index (χ4n) is 5.42. The van der Waals surface area contributed by atoms with Crippen molar-refractivity contribution in [3.63, 3.8) is 0 Å². The summed E-state index contributed by atoms with van der Waals surface area (Å²) in [5, 5.41) is 21.4. The van der Waals surface area contributed by atoms with Crippen LogP contribution in [0, 0.1) is 0 Å². The molecule has 0 N–H and O–H groups in total. The van der Waals surface area contributed by atoms with Crippen molar-refractivity contribution in [2.24, 2.45) is 0 Å². The van der Waals surface area contributed by atoms with Gasteiger partial charge in [-0.25, -0.2) is 0 Å². The second kappa shape index (κ2) is 22.7. The van der Waals surface area contributed by atoms with E-state index in [-0.39, 0.29) is 12.0 Å². The smallest absolute Gasteiger partial charge is 0.272 e. The van der Waals surface area contributed by atoms with Gasteiger partial charge in [-0.15, -0.1) is 0 Å². The lowest BCUT2D eigenvalue weighted by atomic mass is 9.67. The van der Waals surface area contributed by atoms with Gasteiger partial charge < -0.3 is 14.7 Å². The van der Waals surface area contributed by atoms with E-state index in [1.54, 1.807) is 9.46 Å². The predicted octanol–water partition coefficient (Wildman–Crippen LogP) is 7.96. The third-order valence-corrected chi connectivity index (χ3v) is 9.95. The van der Waals surface area contributed by atoms with Crippen LogP contribution in [0.15, 0.2) is 140 Å². The summed E-state index contributed by atoms with van der Waals surface area (Å²) >= 11 is 20.6. The fourth-order valence-corrected chi connectivity index (χ4v) is 7.26. The SMILES string of the molecule is CCO[n+]1ccccc1C(Br)(Br)Br.CCO[n+]1ccccc1C(Br)(Br)Br.[O-]B([O-])OCCCC(c1ccccc1)(c1ccccc1)c1ccccc1. The Balaban J connectivity index is 0.000000235. The van der Waals surface area contributed by atoms with E-state index in [9.17, 15) is 10.0 Å². The minimum Gasteiger partial charge on any atom is -0.871 e. The number of hydrogen-bond donors (Lipinski definition) is 0. The van der Waals surface area contributed by atoms with Crippen LogP contribution in [0.1, 0.15) is 54.8 Å². The lowest BCUT2D eigenvalue weighted by Crippen LogP contribution is -2.48. The van der Waals surface area contributed by atoms with Gasteiger partial charge in [-0.2, -0.15) is 0 Å². The lowest BCUT2D eigenvalue weighted by molar-refractivity contribution is -0.895. The van der Waals surface area contributed by atoms with E-state index in [1.165, 1.54) is 16.7 Å². The molecule has 5 rings (SSSR count). The molecule has 5 aromatic rings. The Morgan fingerprint density at radius 1 is 0.538 bits per heavy atom. The number of alkyl halides is 6. The van der Waals surface area contributed by atoms with Gasteiger partial charge in [-0.3, -0.25) is 9.68 Å². The Kier molecular flexibility index (Phi) is 19.5. The molecule has 0 amide bonds. The van der Waals surface area contributed by atoms with Gasteiger partial charge in [0.25, 0.3) is 11.4 Å². The Morgan fingerprint density at radius 2 is 0.885 bits per heavy atom. The van der Waals surface area contributed by atoms with Gasteiger partial charge in [0.2, 0.25) is 16.7 Å². The summed E-state index contributed by atoms with van der Waals surface area (Å²) in [6, 6.07) is 42.7. The fraction of sp³-hybridized carbons (Fsp3) is 0.263. The van der Waals surface area contributed by atoms with Gasteiger partial charge >= 0.3 is 0 Å². The zero-order chi connectivity index (χ0) is 38.0. The summed E-state index contributed by atoms with van der Waals surface area (Å²) in [6.45, 7) is 5.31. The van der Waals surface area contributed by atoms with Crippen LogP contribution in [-0.2, 0) is 14.4 Å². The van der Waals surface area contributed by atoms with Crippen LogP contribution < -0.4 is 29.2 Å². The van der Waals surface area contributed by atoms with Crippen molar-refractivity contribution in [3.05, 3.63) is 168 Å². The van der Waals surface area contributed by atoms with Gasteiger partial charge in [0, 0.05) is 45.7 Å². The second-order valence-corrected chi connectivity index (χ2v) is 24.4. The summed E-state index contributed by atoms with van der Waals surface area (Å²) in [5.74, 6) is 0. The quantitative estimate of drug-likeness (QED) is 0.0417. The molecule has 0 spiro atoms. The molecule has 7 nitrogen and oxygen atoms in total. The molecule has 0 fully saturated rings. The summed E-state index contributed by atoms with van der Waals surface area (Å²) in [4.78, 5) is 10.8. The zero-order valence-electron chi connectivity index (χ0n) is 28.6. The van der Waals surface area contributed by atoms with Crippen molar-refractivity contribution >= 4 is 103 Å². The first-order valence-corrected chi connectivity index (χ1v) is 21.1. The molecule has 3 aromatic carbocycles. The highest BCUT2D eigenvalue weighted by Gasteiger charge is 2.36. The number of nitrogens with zero attached hydrogens (tertiary/aromatic N) is 2. The molecule has 2 heterocycles. The molecule has 0 radical (unpaired) electrons. The number of halogens is 6. The number of aromatic nitrogens is 2. The van der Waals surface area contributed by atoms with Crippen LogP contribution in [0.4, 0.5) is 0 Å². The van der Waals surface area contributed by atoms with E-state index in [4.69, 9.17) is 14.3 Å². The second-order valence-electron chi connectivity index (χ2n) is 10.9. The van der Waals surface area contributed by atoms with Crippen LogP contribution in [0.25, 0.3) is 0 Å². The van der Waals surface area contributed by atoms with Gasteiger partial charge in [0.1, 0.15) is 0 Å². The van der Waals surface area contributed by atoms with Crippen molar-refractivity contribution in [3.8, 4) is 0 Å². The number of hydrogen-bond acceptors (Lipinski definition) is 5. The third kappa shape index (κ3) is 13.9. The van der Waals surface area contributed by atoms with Crippen LogP contribution in [0.5, 0.6) is 0 Å². The molecular formula is C38H39BBr6N2O5. The molecular weight excluding hydrogens is 1050 g/mol. The van der Waals surface area contributed by atoms with Gasteiger partial charge in [0.05, 0.1) is 7.32 Å². The summed E-state index contributed by atoms with van der Waals surface area (Å²) in [7, 11) is -2.23. The van der Waals surface area contributed by atoms with Crippen LogP contribution in [0.2, 0.25) is 0 Å². The van der Waals surface area contributed by atoms with Crippen molar-refractivity contribution < 1.29 is 33.8 Å². The third-order valence-electron chi connectivity index (χ3n) is 7.52. The minimum atomic E-state index is -2.23. The normalized spacial score (nSPS) is 11.3. The molecule has 52 heavy (non-hydrogen) atoms. The highest BCUT2D eigenvalue weighted by Crippen LogP contribution is 2.44. The van der Waals surface area contributed by atoms with E-state index < -0.39 is 11.6 Å². The van der Waals surface area contributed by atoms with E-state index >= 15 is 0 Å². The molecule has 14 heteroatoms. The van der Waals surface area contributed by atoms with Gasteiger partial charge in [-0.05, 0) is 151 Å². The molecule has 0 saturated carbocycles. The Hall–Kier alpha value is -1.62. The number of rotatable bonds is 12. The van der Waals surface area contributed by atoms with Crippen LogP contribution in [0.3, 0.4) is 0 Å². The van der Waals surface area contributed by atoms with Gasteiger partial charge in [0.15, 0.2) is 13.2 Å². The largest absolute Gasteiger partial charge is 0.871 e. The molecule has 2 aromatic heterocycles. The molecule has 0 aliphatic rings. The van der Waals surface area contributed by atoms with E-state index in [1.807, 2.05) is 117 Å². The molecule has 0 unspecified atom stereocenters. The average molecular weight is 1090 g/mol. The minimum absolute atomic E-state index is 0.159. The first kappa shape index (κ1) is 44.8. The highest BCUT2D eigenvalue weighted by molar-refractivity contribution is 9.39. The summed E-state index contributed by atoms with van der Waals surface area (Å²) in [6.07, 6.45) is 5.06. The highest BCUT2D eigenvalue weighted by atomic mass is 80.0. The predicted molar refractivity (Wildman–Crippen MR) is 225 cm³/mol. The molecule has 0 atom stereocenters. The van der Waals surface area contributed by atoms with E-state index in [0.29, 0.717) is 19.6 Å². The summed E-state index contributed by atoms with van der Waals surface area (Å²) < 4.78 is 7.26. The first-order chi connectivity index (χ1) is 24.8. The Bertz CT molecular complexity index is 1580. The number of benzene rings is 3.